The van der Waals surface area contributed by atoms with E-state index in [2.05, 4.69) is 6.07 Å². The van der Waals surface area contributed by atoms with E-state index >= 15 is 0 Å². The number of hydrogen-bond donors (Lipinski definition) is 1. The van der Waals surface area contributed by atoms with E-state index in [9.17, 15) is 4.79 Å². The Balaban J connectivity index is 2.07. The van der Waals surface area contributed by atoms with Crippen LogP contribution in [0, 0.1) is 0 Å². The largest absolute Gasteiger partial charge is 0.366 e. The molecule has 0 heterocycles. The molecule has 0 saturated heterocycles. The highest BCUT2D eigenvalue weighted by Crippen LogP contribution is 2.34. The Kier molecular flexibility index (Phi) is 3.31. The molecule has 2 rings (SSSR count). The van der Waals surface area contributed by atoms with Crippen molar-refractivity contribution < 1.29 is 4.79 Å². The predicted octanol–water partition coefficient (Wildman–Crippen LogP) is 2.82. The van der Waals surface area contributed by atoms with Gasteiger partial charge in [-0.2, -0.15) is 0 Å². The van der Waals surface area contributed by atoms with Crippen LogP contribution in [0.1, 0.15) is 36.0 Å². The molecule has 0 aliphatic heterocycles. The van der Waals surface area contributed by atoms with E-state index < -0.39 is 0 Å². The van der Waals surface area contributed by atoms with Crippen LogP contribution >= 0.6 is 11.8 Å². The van der Waals surface area contributed by atoms with E-state index in [1.165, 1.54) is 30.6 Å². The summed E-state index contributed by atoms with van der Waals surface area (Å²) < 4.78 is 0. The van der Waals surface area contributed by atoms with Crippen molar-refractivity contribution in [3.05, 3.63) is 29.8 Å². The third kappa shape index (κ3) is 2.75. The van der Waals surface area contributed by atoms with Crippen molar-refractivity contribution in [3.63, 3.8) is 0 Å². The first kappa shape index (κ1) is 10.6. The molecule has 3 heteroatoms. The fourth-order valence-corrected chi connectivity index (χ4v) is 3.23. The number of rotatable bonds is 3. The van der Waals surface area contributed by atoms with Gasteiger partial charge in [-0.1, -0.05) is 18.9 Å². The summed E-state index contributed by atoms with van der Waals surface area (Å²) in [5.41, 5.74) is 5.85. The predicted molar refractivity (Wildman–Crippen MR) is 63.1 cm³/mol. The maximum atomic E-state index is 11.0. The van der Waals surface area contributed by atoms with Gasteiger partial charge in [0.05, 0.1) is 0 Å². The molecule has 1 amide bonds. The van der Waals surface area contributed by atoms with Gasteiger partial charge >= 0.3 is 0 Å². The Bertz CT molecular complexity index is 358. The fraction of sp³-hybridized carbons (Fsp3) is 0.417. The molecular weight excluding hydrogens is 206 g/mol. The van der Waals surface area contributed by atoms with Gasteiger partial charge in [-0.05, 0) is 31.0 Å². The zero-order valence-electron chi connectivity index (χ0n) is 8.61. The first-order valence-electron chi connectivity index (χ1n) is 5.32. The summed E-state index contributed by atoms with van der Waals surface area (Å²) in [6.45, 7) is 0. The number of benzene rings is 1. The zero-order chi connectivity index (χ0) is 10.7. The number of carbonyl (C=O) groups is 1. The maximum absolute atomic E-state index is 11.0. The van der Waals surface area contributed by atoms with Crippen molar-refractivity contribution in [3.8, 4) is 0 Å². The summed E-state index contributed by atoms with van der Waals surface area (Å²) >= 11 is 1.87. The standard InChI is InChI=1S/C12H15NOS/c13-12(14)9-4-3-7-11(8-9)15-10-5-1-2-6-10/h3-4,7-8,10H,1-2,5-6H2,(H2,13,14). The Labute approximate surface area is 94.2 Å². The summed E-state index contributed by atoms with van der Waals surface area (Å²) in [5.74, 6) is -0.344. The van der Waals surface area contributed by atoms with E-state index in [-0.39, 0.29) is 5.91 Å². The highest BCUT2D eigenvalue weighted by molar-refractivity contribution is 8.00. The molecule has 0 radical (unpaired) electrons. The first-order valence-corrected chi connectivity index (χ1v) is 6.20. The summed E-state index contributed by atoms with van der Waals surface area (Å²) in [4.78, 5) is 12.2. The molecule has 0 aromatic heterocycles. The van der Waals surface area contributed by atoms with Crippen LogP contribution in [-0.2, 0) is 0 Å². The Hall–Kier alpha value is -0.960. The minimum absolute atomic E-state index is 0.344. The molecule has 0 atom stereocenters. The van der Waals surface area contributed by atoms with Crippen molar-refractivity contribution >= 4 is 17.7 Å². The zero-order valence-corrected chi connectivity index (χ0v) is 9.43. The second-order valence-electron chi connectivity index (χ2n) is 3.92. The van der Waals surface area contributed by atoms with Crippen LogP contribution in [0.4, 0.5) is 0 Å². The number of hydrogen-bond acceptors (Lipinski definition) is 2. The molecule has 1 aromatic carbocycles. The molecule has 15 heavy (non-hydrogen) atoms. The van der Waals surface area contributed by atoms with Crippen LogP contribution < -0.4 is 5.73 Å². The lowest BCUT2D eigenvalue weighted by Gasteiger charge is -2.08. The second kappa shape index (κ2) is 4.71. The average Bonchev–Trinajstić information content (AvgIpc) is 2.71. The molecule has 2 N–H and O–H groups in total. The monoisotopic (exact) mass is 221 g/mol. The van der Waals surface area contributed by atoms with E-state index in [1.807, 2.05) is 23.9 Å². The van der Waals surface area contributed by atoms with Crippen molar-refractivity contribution in [2.24, 2.45) is 5.73 Å². The third-order valence-corrected chi connectivity index (χ3v) is 4.05. The van der Waals surface area contributed by atoms with E-state index in [0.29, 0.717) is 5.56 Å². The van der Waals surface area contributed by atoms with Gasteiger partial charge in [0.1, 0.15) is 0 Å². The van der Waals surface area contributed by atoms with Crippen LogP contribution in [0.5, 0.6) is 0 Å². The smallest absolute Gasteiger partial charge is 0.248 e. The van der Waals surface area contributed by atoms with E-state index in [4.69, 9.17) is 5.73 Å². The van der Waals surface area contributed by atoms with Crippen molar-refractivity contribution in [1.29, 1.82) is 0 Å². The highest BCUT2D eigenvalue weighted by Gasteiger charge is 2.16. The minimum atomic E-state index is -0.344. The summed E-state index contributed by atoms with van der Waals surface area (Å²) in [6, 6.07) is 7.61. The van der Waals surface area contributed by atoms with Gasteiger partial charge in [-0.15, -0.1) is 11.8 Å². The second-order valence-corrected chi connectivity index (χ2v) is 5.29. The average molecular weight is 221 g/mol. The molecule has 80 valence electrons. The number of thioether (sulfide) groups is 1. The van der Waals surface area contributed by atoms with Gasteiger partial charge in [0.25, 0.3) is 0 Å². The Morgan fingerprint density at radius 1 is 1.33 bits per heavy atom. The fourth-order valence-electron chi connectivity index (χ4n) is 1.92. The summed E-state index contributed by atoms with van der Waals surface area (Å²) in [5, 5.41) is 0.730. The molecular formula is C12H15NOS. The number of primary amides is 1. The van der Waals surface area contributed by atoms with Crippen molar-refractivity contribution in [2.45, 2.75) is 35.8 Å². The van der Waals surface area contributed by atoms with E-state index in [1.54, 1.807) is 6.07 Å². The number of carbonyl (C=O) groups excluding carboxylic acids is 1. The molecule has 0 unspecified atom stereocenters. The molecule has 1 aliphatic rings. The number of nitrogens with two attached hydrogens (primary N) is 1. The first-order chi connectivity index (χ1) is 7.25. The summed E-state index contributed by atoms with van der Waals surface area (Å²) in [7, 11) is 0. The molecule has 0 bridgehead atoms. The maximum Gasteiger partial charge on any atom is 0.248 e. The van der Waals surface area contributed by atoms with Crippen LogP contribution in [-0.4, -0.2) is 11.2 Å². The normalized spacial score (nSPS) is 16.8. The molecule has 1 saturated carbocycles. The van der Waals surface area contributed by atoms with Crippen LogP contribution in [0.2, 0.25) is 0 Å². The quantitative estimate of drug-likeness (QED) is 0.853. The van der Waals surface area contributed by atoms with Crippen LogP contribution in [0.3, 0.4) is 0 Å². The summed E-state index contributed by atoms with van der Waals surface area (Å²) in [6.07, 6.45) is 5.28. The van der Waals surface area contributed by atoms with Crippen molar-refractivity contribution in [2.75, 3.05) is 0 Å². The lowest BCUT2D eigenvalue weighted by Crippen LogP contribution is -2.10. The highest BCUT2D eigenvalue weighted by atomic mass is 32.2. The van der Waals surface area contributed by atoms with E-state index in [0.717, 1.165) is 5.25 Å². The Morgan fingerprint density at radius 3 is 2.73 bits per heavy atom. The van der Waals surface area contributed by atoms with Crippen molar-refractivity contribution in [1.82, 2.24) is 0 Å². The molecule has 2 nitrogen and oxygen atoms in total. The van der Waals surface area contributed by atoms with Gasteiger partial charge < -0.3 is 5.73 Å². The molecule has 0 spiro atoms. The Morgan fingerprint density at radius 2 is 2.07 bits per heavy atom. The van der Waals surface area contributed by atoms with Gasteiger partial charge in [-0.3, -0.25) is 4.79 Å². The molecule has 1 fully saturated rings. The third-order valence-electron chi connectivity index (χ3n) is 2.72. The lowest BCUT2D eigenvalue weighted by molar-refractivity contribution is 0.1000. The number of amides is 1. The van der Waals surface area contributed by atoms with Crippen LogP contribution in [0.25, 0.3) is 0 Å². The minimum Gasteiger partial charge on any atom is -0.366 e. The van der Waals surface area contributed by atoms with Crippen LogP contribution in [0.15, 0.2) is 29.2 Å². The van der Waals surface area contributed by atoms with Gasteiger partial charge in [0.15, 0.2) is 0 Å². The molecule has 1 aromatic rings. The van der Waals surface area contributed by atoms with Gasteiger partial charge in [-0.25, -0.2) is 0 Å². The molecule has 1 aliphatic carbocycles. The van der Waals surface area contributed by atoms with Gasteiger partial charge in [0, 0.05) is 15.7 Å². The lowest BCUT2D eigenvalue weighted by atomic mass is 10.2. The van der Waals surface area contributed by atoms with Gasteiger partial charge in [0.2, 0.25) is 5.91 Å². The SMILES string of the molecule is NC(=O)c1cccc(SC2CCCC2)c1. The topological polar surface area (TPSA) is 43.1 Å².